The van der Waals surface area contributed by atoms with Crippen molar-refractivity contribution < 1.29 is 24.0 Å². The van der Waals surface area contributed by atoms with Crippen molar-refractivity contribution in [1.29, 1.82) is 0 Å². The van der Waals surface area contributed by atoms with Gasteiger partial charge in [0.15, 0.2) is 0 Å². The molecule has 0 saturated carbocycles. The number of hydrogen-bond donors (Lipinski definition) is 1. The van der Waals surface area contributed by atoms with E-state index in [0.717, 1.165) is 24.4 Å². The molecule has 0 atom stereocenters. The first kappa shape index (κ1) is 13.4. The first-order valence-electron chi connectivity index (χ1n) is 5.28. The molecule has 7 nitrogen and oxygen atoms in total. The standard InChI is InChI=1S/C12H7FN2O5/c13-7-1-2-10(8(5-7)12(16)17)20-11-3-4-14-6-9(11)15(18)19/h1-6H,(H,16,17). The molecule has 0 bridgehead atoms. The maximum absolute atomic E-state index is 13.0. The zero-order valence-electron chi connectivity index (χ0n) is 9.82. The van der Waals surface area contributed by atoms with Crippen LogP contribution in [0.3, 0.4) is 0 Å². The van der Waals surface area contributed by atoms with Crippen LogP contribution in [0.2, 0.25) is 0 Å². The molecule has 1 heterocycles. The molecule has 20 heavy (non-hydrogen) atoms. The third-order valence-electron chi connectivity index (χ3n) is 2.35. The molecule has 0 aliphatic rings. The number of benzene rings is 1. The summed E-state index contributed by atoms with van der Waals surface area (Å²) in [5.74, 6) is -2.54. The van der Waals surface area contributed by atoms with Gasteiger partial charge in [-0.3, -0.25) is 15.1 Å². The van der Waals surface area contributed by atoms with Crippen LogP contribution in [0.15, 0.2) is 36.7 Å². The molecule has 2 aromatic rings. The number of nitro groups is 1. The minimum atomic E-state index is -1.41. The van der Waals surface area contributed by atoms with E-state index >= 15 is 0 Å². The molecule has 1 aromatic heterocycles. The number of aromatic nitrogens is 1. The van der Waals surface area contributed by atoms with Crippen LogP contribution in [0.25, 0.3) is 0 Å². The monoisotopic (exact) mass is 278 g/mol. The highest BCUT2D eigenvalue weighted by molar-refractivity contribution is 5.91. The summed E-state index contributed by atoms with van der Waals surface area (Å²) in [7, 11) is 0. The van der Waals surface area contributed by atoms with E-state index < -0.39 is 28.0 Å². The molecule has 0 amide bonds. The zero-order valence-corrected chi connectivity index (χ0v) is 9.82. The summed E-state index contributed by atoms with van der Waals surface area (Å²) in [6.07, 6.45) is 2.23. The van der Waals surface area contributed by atoms with Crippen molar-refractivity contribution in [3.63, 3.8) is 0 Å². The van der Waals surface area contributed by atoms with E-state index in [1.54, 1.807) is 0 Å². The van der Waals surface area contributed by atoms with Crippen LogP contribution < -0.4 is 4.74 Å². The Morgan fingerprint density at radius 2 is 2.10 bits per heavy atom. The second-order valence-corrected chi connectivity index (χ2v) is 3.65. The van der Waals surface area contributed by atoms with E-state index in [1.807, 2.05) is 0 Å². The van der Waals surface area contributed by atoms with Crippen LogP contribution in [0.5, 0.6) is 11.5 Å². The summed E-state index contributed by atoms with van der Waals surface area (Å²) in [6, 6.07) is 4.07. The Balaban J connectivity index is 2.45. The van der Waals surface area contributed by atoms with Crippen LogP contribution in [0.4, 0.5) is 10.1 Å². The van der Waals surface area contributed by atoms with Crippen molar-refractivity contribution in [2.24, 2.45) is 0 Å². The van der Waals surface area contributed by atoms with Crippen LogP contribution in [-0.2, 0) is 0 Å². The molecule has 0 aliphatic carbocycles. The third-order valence-corrected chi connectivity index (χ3v) is 2.35. The fourth-order valence-electron chi connectivity index (χ4n) is 1.47. The zero-order chi connectivity index (χ0) is 14.7. The van der Waals surface area contributed by atoms with E-state index in [9.17, 15) is 19.3 Å². The lowest BCUT2D eigenvalue weighted by molar-refractivity contribution is -0.386. The average Bonchev–Trinajstić information content (AvgIpc) is 2.41. The summed E-state index contributed by atoms with van der Waals surface area (Å²) in [5, 5.41) is 19.7. The van der Waals surface area contributed by atoms with Gasteiger partial charge in [0.05, 0.1) is 4.92 Å². The maximum atomic E-state index is 13.0. The van der Waals surface area contributed by atoms with Gasteiger partial charge in [0.2, 0.25) is 5.75 Å². The maximum Gasteiger partial charge on any atom is 0.339 e. The van der Waals surface area contributed by atoms with Crippen molar-refractivity contribution in [1.82, 2.24) is 4.98 Å². The number of carboxylic acids is 1. The highest BCUT2D eigenvalue weighted by Crippen LogP contribution is 2.32. The Morgan fingerprint density at radius 1 is 1.35 bits per heavy atom. The van der Waals surface area contributed by atoms with Crippen LogP contribution in [0, 0.1) is 15.9 Å². The van der Waals surface area contributed by atoms with Gasteiger partial charge in [-0.15, -0.1) is 0 Å². The van der Waals surface area contributed by atoms with E-state index in [0.29, 0.717) is 0 Å². The van der Waals surface area contributed by atoms with Gasteiger partial charge < -0.3 is 9.84 Å². The van der Waals surface area contributed by atoms with Gasteiger partial charge >= 0.3 is 11.7 Å². The number of carbonyl (C=O) groups is 1. The molecule has 1 aromatic carbocycles. The van der Waals surface area contributed by atoms with E-state index in [2.05, 4.69) is 4.98 Å². The molecule has 0 radical (unpaired) electrons. The number of carboxylic acid groups (broad SMARTS) is 1. The van der Waals surface area contributed by atoms with Crippen molar-refractivity contribution in [2.75, 3.05) is 0 Å². The van der Waals surface area contributed by atoms with Gasteiger partial charge in [-0.1, -0.05) is 0 Å². The lowest BCUT2D eigenvalue weighted by Crippen LogP contribution is -2.02. The summed E-state index contributed by atoms with van der Waals surface area (Å²) in [4.78, 5) is 24.7. The van der Waals surface area contributed by atoms with E-state index in [-0.39, 0.29) is 11.5 Å². The van der Waals surface area contributed by atoms with Gasteiger partial charge in [0.1, 0.15) is 23.3 Å². The van der Waals surface area contributed by atoms with Gasteiger partial charge in [-0.05, 0) is 18.2 Å². The summed E-state index contributed by atoms with van der Waals surface area (Å²) in [5.41, 5.74) is -0.857. The molecular weight excluding hydrogens is 271 g/mol. The first-order valence-corrected chi connectivity index (χ1v) is 5.28. The largest absolute Gasteiger partial charge is 0.478 e. The quantitative estimate of drug-likeness (QED) is 0.681. The minimum absolute atomic E-state index is 0.181. The highest BCUT2D eigenvalue weighted by Gasteiger charge is 2.19. The molecule has 0 saturated heterocycles. The van der Waals surface area contributed by atoms with E-state index in [4.69, 9.17) is 9.84 Å². The number of ether oxygens (including phenoxy) is 1. The predicted molar refractivity (Wildman–Crippen MR) is 64.3 cm³/mol. The SMILES string of the molecule is O=C(O)c1cc(F)ccc1Oc1ccncc1[N+](=O)[O-]. The summed E-state index contributed by atoms with van der Waals surface area (Å²) >= 11 is 0. The molecular formula is C12H7FN2O5. The summed E-state index contributed by atoms with van der Waals surface area (Å²) < 4.78 is 18.2. The number of aromatic carboxylic acids is 1. The van der Waals surface area contributed by atoms with Crippen molar-refractivity contribution >= 4 is 11.7 Å². The predicted octanol–water partition coefficient (Wildman–Crippen LogP) is 2.62. The average molecular weight is 278 g/mol. The molecule has 102 valence electrons. The Bertz CT molecular complexity index is 689. The number of hydrogen-bond acceptors (Lipinski definition) is 5. The number of halogens is 1. The molecule has 0 aliphatic heterocycles. The van der Waals surface area contributed by atoms with Crippen LogP contribution in [-0.4, -0.2) is 21.0 Å². The summed E-state index contributed by atoms with van der Waals surface area (Å²) in [6.45, 7) is 0. The molecule has 0 fully saturated rings. The topological polar surface area (TPSA) is 103 Å². The number of nitrogens with zero attached hydrogens (tertiary/aromatic N) is 2. The Labute approximate surface area is 111 Å². The number of rotatable bonds is 4. The van der Waals surface area contributed by atoms with Crippen molar-refractivity contribution in [2.45, 2.75) is 0 Å². The normalized spacial score (nSPS) is 10.1. The minimum Gasteiger partial charge on any atom is -0.478 e. The Hall–Kier alpha value is -3.03. The van der Waals surface area contributed by atoms with Crippen LogP contribution >= 0.6 is 0 Å². The smallest absolute Gasteiger partial charge is 0.339 e. The highest BCUT2D eigenvalue weighted by atomic mass is 19.1. The molecule has 0 unspecified atom stereocenters. The lowest BCUT2D eigenvalue weighted by Gasteiger charge is -2.08. The second kappa shape index (κ2) is 5.31. The molecule has 8 heteroatoms. The third kappa shape index (κ3) is 2.69. The fourth-order valence-corrected chi connectivity index (χ4v) is 1.47. The van der Waals surface area contributed by atoms with Gasteiger partial charge in [-0.25, -0.2) is 9.18 Å². The van der Waals surface area contributed by atoms with Gasteiger partial charge in [0.25, 0.3) is 0 Å². The van der Waals surface area contributed by atoms with Crippen molar-refractivity contribution in [3.05, 3.63) is 58.2 Å². The fraction of sp³-hybridized carbons (Fsp3) is 0. The van der Waals surface area contributed by atoms with Crippen LogP contribution in [0.1, 0.15) is 10.4 Å². The molecule has 0 spiro atoms. The lowest BCUT2D eigenvalue weighted by atomic mass is 10.2. The van der Waals surface area contributed by atoms with Gasteiger partial charge in [-0.2, -0.15) is 0 Å². The Morgan fingerprint density at radius 3 is 2.75 bits per heavy atom. The number of pyridine rings is 1. The second-order valence-electron chi connectivity index (χ2n) is 3.65. The first-order chi connectivity index (χ1) is 9.49. The van der Waals surface area contributed by atoms with E-state index in [1.165, 1.54) is 12.3 Å². The van der Waals surface area contributed by atoms with Crippen molar-refractivity contribution in [3.8, 4) is 11.5 Å². The molecule has 1 N–H and O–H groups in total. The van der Waals surface area contributed by atoms with Gasteiger partial charge in [0, 0.05) is 12.3 Å². The molecule has 2 rings (SSSR count). The Kier molecular flexibility index (Phi) is 3.56.